The lowest BCUT2D eigenvalue weighted by Gasteiger charge is -2.22. The second-order valence-corrected chi connectivity index (χ2v) is 4.02. The smallest absolute Gasteiger partial charge is 0.296 e. The van der Waals surface area contributed by atoms with Gasteiger partial charge < -0.3 is 14.6 Å². The Labute approximate surface area is 90.6 Å². The average molecular weight is 209 g/mol. The van der Waals surface area contributed by atoms with E-state index in [0.717, 1.165) is 32.3 Å². The van der Waals surface area contributed by atoms with Gasteiger partial charge >= 0.3 is 0 Å². The third-order valence-electron chi connectivity index (χ3n) is 2.87. The summed E-state index contributed by atoms with van der Waals surface area (Å²) in [5.41, 5.74) is 0. The maximum Gasteiger partial charge on any atom is 0.296 e. The van der Waals surface area contributed by atoms with Gasteiger partial charge in [0.2, 0.25) is 0 Å². The summed E-state index contributed by atoms with van der Waals surface area (Å²) in [6.07, 6.45) is 6.27. The van der Waals surface area contributed by atoms with E-state index in [-0.39, 0.29) is 0 Å². The Balaban J connectivity index is 1.81. The lowest BCUT2D eigenvalue weighted by molar-refractivity contribution is 0.198. The summed E-state index contributed by atoms with van der Waals surface area (Å²) in [6, 6.07) is 0.753. The Kier molecular flexibility index (Phi) is 3.61. The van der Waals surface area contributed by atoms with Crippen LogP contribution < -0.4 is 10.1 Å². The van der Waals surface area contributed by atoms with Crippen molar-refractivity contribution in [2.24, 2.45) is 5.92 Å². The van der Waals surface area contributed by atoms with Crippen LogP contribution in [0.15, 0.2) is 12.4 Å². The first kappa shape index (κ1) is 10.5. The summed E-state index contributed by atoms with van der Waals surface area (Å²) in [5.74, 6) is 0.640. The molecule has 15 heavy (non-hydrogen) atoms. The number of ether oxygens (including phenoxy) is 1. The fourth-order valence-corrected chi connectivity index (χ4v) is 1.93. The monoisotopic (exact) mass is 209 g/mol. The van der Waals surface area contributed by atoms with Crippen LogP contribution in [-0.2, 0) is 6.54 Å². The number of imidazole rings is 1. The Morgan fingerprint density at radius 2 is 2.60 bits per heavy atom. The van der Waals surface area contributed by atoms with Gasteiger partial charge in [0.05, 0.1) is 6.61 Å². The summed E-state index contributed by atoms with van der Waals surface area (Å²) >= 11 is 0. The standard InChI is InChI=1S/C11H19N3O/c1-2-14-7-6-13-11(14)15-9-10-4-3-5-12-8-10/h6-7,10,12H,2-5,8-9H2,1H3. The van der Waals surface area contributed by atoms with Crippen LogP contribution >= 0.6 is 0 Å². The molecule has 0 bridgehead atoms. The van der Waals surface area contributed by atoms with E-state index in [2.05, 4.69) is 17.2 Å². The molecule has 1 atom stereocenters. The Bertz CT molecular complexity index is 292. The third-order valence-corrected chi connectivity index (χ3v) is 2.87. The molecule has 0 radical (unpaired) electrons. The number of hydrogen-bond donors (Lipinski definition) is 1. The van der Waals surface area contributed by atoms with Crippen molar-refractivity contribution in [3.05, 3.63) is 12.4 Å². The number of hydrogen-bond acceptors (Lipinski definition) is 3. The molecule has 0 saturated carbocycles. The maximum absolute atomic E-state index is 5.72. The molecule has 1 N–H and O–H groups in total. The van der Waals surface area contributed by atoms with E-state index in [4.69, 9.17) is 4.74 Å². The fraction of sp³-hybridized carbons (Fsp3) is 0.727. The lowest BCUT2D eigenvalue weighted by Crippen LogP contribution is -2.33. The lowest BCUT2D eigenvalue weighted by atomic mass is 10.0. The number of aromatic nitrogens is 2. The molecule has 0 amide bonds. The van der Waals surface area contributed by atoms with Gasteiger partial charge in [-0.05, 0) is 26.3 Å². The van der Waals surface area contributed by atoms with Crippen LogP contribution in [0.5, 0.6) is 6.01 Å². The van der Waals surface area contributed by atoms with Crippen LogP contribution in [0.1, 0.15) is 19.8 Å². The highest BCUT2D eigenvalue weighted by molar-refractivity contribution is 4.98. The number of rotatable bonds is 4. The molecule has 1 unspecified atom stereocenters. The highest BCUT2D eigenvalue weighted by Crippen LogP contribution is 2.13. The molecule has 1 fully saturated rings. The number of nitrogens with one attached hydrogen (secondary N) is 1. The van der Waals surface area contributed by atoms with E-state index in [1.165, 1.54) is 12.8 Å². The van der Waals surface area contributed by atoms with Gasteiger partial charge in [-0.1, -0.05) is 0 Å². The van der Waals surface area contributed by atoms with Crippen LogP contribution in [0.3, 0.4) is 0 Å². The molecule has 2 rings (SSSR count). The molecule has 1 aromatic heterocycles. The first-order chi connectivity index (χ1) is 7.40. The molecule has 4 nitrogen and oxygen atoms in total. The molecule has 84 valence electrons. The van der Waals surface area contributed by atoms with Gasteiger partial charge in [0.25, 0.3) is 6.01 Å². The van der Waals surface area contributed by atoms with Crippen LogP contribution in [0.2, 0.25) is 0 Å². The SMILES string of the molecule is CCn1ccnc1OCC1CCCNC1. The molecule has 2 heterocycles. The zero-order chi connectivity index (χ0) is 10.5. The molecule has 1 aliphatic heterocycles. The minimum atomic E-state index is 0.640. The summed E-state index contributed by atoms with van der Waals surface area (Å²) in [4.78, 5) is 4.19. The van der Waals surface area contributed by atoms with Crippen LogP contribution in [0.25, 0.3) is 0 Å². The van der Waals surface area contributed by atoms with Gasteiger partial charge in [-0.2, -0.15) is 0 Å². The van der Waals surface area contributed by atoms with Gasteiger partial charge in [-0.3, -0.25) is 0 Å². The van der Waals surface area contributed by atoms with Crippen LogP contribution in [0, 0.1) is 5.92 Å². The van der Waals surface area contributed by atoms with Crippen molar-refractivity contribution in [1.82, 2.24) is 14.9 Å². The number of nitrogens with zero attached hydrogens (tertiary/aromatic N) is 2. The second kappa shape index (κ2) is 5.16. The number of aryl methyl sites for hydroxylation is 1. The molecule has 0 aliphatic carbocycles. The van der Waals surface area contributed by atoms with Crippen molar-refractivity contribution in [1.29, 1.82) is 0 Å². The Morgan fingerprint density at radius 1 is 1.67 bits per heavy atom. The van der Waals surface area contributed by atoms with Crippen molar-refractivity contribution in [3.63, 3.8) is 0 Å². The van der Waals surface area contributed by atoms with E-state index >= 15 is 0 Å². The van der Waals surface area contributed by atoms with Crippen molar-refractivity contribution in [3.8, 4) is 6.01 Å². The van der Waals surface area contributed by atoms with Crippen LogP contribution in [0.4, 0.5) is 0 Å². The van der Waals surface area contributed by atoms with Gasteiger partial charge in [0.1, 0.15) is 0 Å². The van der Waals surface area contributed by atoms with Gasteiger partial charge in [-0.15, -0.1) is 0 Å². The Morgan fingerprint density at radius 3 is 3.33 bits per heavy atom. The third kappa shape index (κ3) is 2.72. The van der Waals surface area contributed by atoms with Crippen molar-refractivity contribution < 1.29 is 4.74 Å². The van der Waals surface area contributed by atoms with Crippen molar-refractivity contribution in [2.45, 2.75) is 26.3 Å². The number of piperidine rings is 1. The normalized spacial score (nSPS) is 21.5. The first-order valence-corrected chi connectivity index (χ1v) is 5.74. The summed E-state index contributed by atoms with van der Waals surface area (Å²) in [5, 5.41) is 3.39. The molecule has 4 heteroatoms. The van der Waals surface area contributed by atoms with Crippen molar-refractivity contribution >= 4 is 0 Å². The minimum Gasteiger partial charge on any atom is -0.464 e. The quantitative estimate of drug-likeness (QED) is 0.812. The second-order valence-electron chi connectivity index (χ2n) is 4.02. The fourth-order valence-electron chi connectivity index (χ4n) is 1.93. The molecule has 1 aliphatic rings. The highest BCUT2D eigenvalue weighted by atomic mass is 16.5. The van der Waals surface area contributed by atoms with E-state index in [9.17, 15) is 0 Å². The zero-order valence-electron chi connectivity index (χ0n) is 9.28. The predicted molar refractivity (Wildman–Crippen MR) is 59.0 cm³/mol. The van der Waals surface area contributed by atoms with E-state index in [1.54, 1.807) is 6.20 Å². The van der Waals surface area contributed by atoms with Crippen molar-refractivity contribution in [2.75, 3.05) is 19.7 Å². The summed E-state index contributed by atoms with van der Waals surface area (Å²) < 4.78 is 7.74. The average Bonchev–Trinajstić information content (AvgIpc) is 2.75. The van der Waals surface area contributed by atoms with Crippen LogP contribution in [-0.4, -0.2) is 29.2 Å². The molecule has 0 aromatic carbocycles. The van der Waals surface area contributed by atoms with E-state index in [0.29, 0.717) is 5.92 Å². The van der Waals surface area contributed by atoms with Gasteiger partial charge in [0.15, 0.2) is 0 Å². The largest absolute Gasteiger partial charge is 0.464 e. The van der Waals surface area contributed by atoms with E-state index < -0.39 is 0 Å². The molecule has 1 saturated heterocycles. The predicted octanol–water partition coefficient (Wildman–Crippen LogP) is 1.28. The summed E-state index contributed by atoms with van der Waals surface area (Å²) in [6.45, 7) is 6.02. The summed E-state index contributed by atoms with van der Waals surface area (Å²) in [7, 11) is 0. The molecule has 0 spiro atoms. The Hall–Kier alpha value is -1.03. The topological polar surface area (TPSA) is 39.1 Å². The molecular formula is C11H19N3O. The maximum atomic E-state index is 5.72. The molecule has 1 aromatic rings. The first-order valence-electron chi connectivity index (χ1n) is 5.74. The van der Waals surface area contributed by atoms with Gasteiger partial charge in [0, 0.05) is 31.4 Å². The van der Waals surface area contributed by atoms with E-state index in [1.807, 2.05) is 10.8 Å². The molecular weight excluding hydrogens is 190 g/mol. The van der Waals surface area contributed by atoms with Gasteiger partial charge in [-0.25, -0.2) is 4.98 Å². The minimum absolute atomic E-state index is 0.640. The highest BCUT2D eigenvalue weighted by Gasteiger charge is 2.14. The zero-order valence-corrected chi connectivity index (χ0v) is 9.28.